The number of benzene rings is 4. The monoisotopic (exact) mass is 702 g/mol. The molecule has 7 heteroatoms. The summed E-state index contributed by atoms with van der Waals surface area (Å²) in [6, 6.07) is 46.7. The van der Waals surface area contributed by atoms with Crippen LogP contribution in [0.4, 0.5) is 0 Å². The van der Waals surface area contributed by atoms with Crippen molar-refractivity contribution >= 4 is 52.3 Å². The minimum Gasteiger partial charge on any atom is -0.460 e. The number of ether oxygens (including phenoxy) is 1. The van der Waals surface area contributed by atoms with Crippen LogP contribution in [-0.4, -0.2) is 44.2 Å². The van der Waals surface area contributed by atoms with Crippen molar-refractivity contribution in [3.05, 3.63) is 168 Å². The lowest BCUT2D eigenvalue weighted by molar-refractivity contribution is 0.0434. The van der Waals surface area contributed by atoms with E-state index < -0.39 is 5.97 Å². The van der Waals surface area contributed by atoms with Gasteiger partial charge in [0.15, 0.2) is 0 Å². The Morgan fingerprint density at radius 1 is 0.463 bits per heavy atom. The fraction of sp³-hybridized carbons (Fsp3) is 0.0426. The number of carbonyl (C=O) groups is 1. The van der Waals surface area contributed by atoms with Crippen LogP contribution in [0.15, 0.2) is 140 Å². The molecular formula is C47H34N4O3. The van der Waals surface area contributed by atoms with Crippen molar-refractivity contribution in [2.24, 2.45) is 0 Å². The smallest absolute Gasteiger partial charge is 0.338 e. The Morgan fingerprint density at radius 2 is 0.796 bits per heavy atom. The second-order valence-corrected chi connectivity index (χ2v) is 13.0. The van der Waals surface area contributed by atoms with Crippen LogP contribution in [0.5, 0.6) is 0 Å². The topological polar surface area (TPSA) is 104 Å². The van der Waals surface area contributed by atoms with Gasteiger partial charge in [0.1, 0.15) is 6.61 Å². The zero-order valence-electron chi connectivity index (χ0n) is 29.2. The van der Waals surface area contributed by atoms with Crippen LogP contribution in [0.25, 0.3) is 90.9 Å². The van der Waals surface area contributed by atoms with Gasteiger partial charge in [-0.3, -0.25) is 0 Å². The molecule has 0 fully saturated rings. The van der Waals surface area contributed by atoms with Gasteiger partial charge in [-0.1, -0.05) is 103 Å². The minimum absolute atomic E-state index is 0.0580. The molecule has 0 saturated heterocycles. The number of aliphatic hydroxyl groups excluding tert-OH is 1. The molecule has 8 bridgehead atoms. The maximum atomic E-state index is 12.6. The summed E-state index contributed by atoms with van der Waals surface area (Å²) in [6.45, 7) is -0.290. The van der Waals surface area contributed by atoms with E-state index in [1.807, 2.05) is 60.7 Å². The van der Waals surface area contributed by atoms with Crippen LogP contribution in [0, 0.1) is 0 Å². The Balaban J connectivity index is 1.40. The van der Waals surface area contributed by atoms with Gasteiger partial charge < -0.3 is 19.8 Å². The van der Waals surface area contributed by atoms with E-state index in [-0.39, 0.29) is 13.2 Å². The first kappa shape index (κ1) is 32.8. The molecule has 2 aliphatic rings. The van der Waals surface area contributed by atoms with Gasteiger partial charge in [0.05, 0.1) is 34.9 Å². The van der Waals surface area contributed by atoms with Crippen LogP contribution in [-0.2, 0) is 4.74 Å². The largest absolute Gasteiger partial charge is 0.460 e. The van der Waals surface area contributed by atoms with Crippen molar-refractivity contribution in [3.8, 4) is 44.5 Å². The number of rotatable bonds is 7. The molecule has 3 N–H and O–H groups in total. The number of fused-ring (bicyclic) bond motifs is 8. The van der Waals surface area contributed by atoms with Gasteiger partial charge in [0.2, 0.25) is 0 Å². The van der Waals surface area contributed by atoms with E-state index in [2.05, 4.69) is 101 Å². The van der Waals surface area contributed by atoms with E-state index in [1.54, 1.807) is 12.1 Å². The number of nitrogens with zero attached hydrogens (tertiary/aromatic N) is 2. The molecule has 9 rings (SSSR count). The molecule has 0 unspecified atom stereocenters. The Morgan fingerprint density at radius 3 is 1.13 bits per heavy atom. The highest BCUT2D eigenvalue weighted by Gasteiger charge is 2.19. The van der Waals surface area contributed by atoms with Gasteiger partial charge in [-0.25, -0.2) is 14.8 Å². The zero-order valence-corrected chi connectivity index (χ0v) is 29.2. The van der Waals surface area contributed by atoms with Crippen LogP contribution in [0.2, 0.25) is 0 Å². The van der Waals surface area contributed by atoms with Gasteiger partial charge >= 0.3 is 5.97 Å². The van der Waals surface area contributed by atoms with E-state index in [9.17, 15) is 4.79 Å². The van der Waals surface area contributed by atoms with Crippen LogP contribution in [0.3, 0.4) is 0 Å². The number of aromatic nitrogens is 4. The first-order chi connectivity index (χ1) is 26.6. The number of esters is 1. The number of aromatic amines is 2. The van der Waals surface area contributed by atoms with Crippen molar-refractivity contribution < 1.29 is 14.6 Å². The van der Waals surface area contributed by atoms with Crippen LogP contribution in [0.1, 0.15) is 33.1 Å². The maximum absolute atomic E-state index is 12.6. The third-order valence-electron chi connectivity index (χ3n) is 9.67. The van der Waals surface area contributed by atoms with Crippen molar-refractivity contribution in [3.63, 3.8) is 0 Å². The van der Waals surface area contributed by atoms with Gasteiger partial charge in [-0.15, -0.1) is 0 Å². The molecule has 2 aliphatic heterocycles. The molecule has 5 heterocycles. The van der Waals surface area contributed by atoms with Crippen molar-refractivity contribution in [1.82, 2.24) is 19.9 Å². The summed E-state index contributed by atoms with van der Waals surface area (Å²) in [5.74, 6) is -0.488. The Kier molecular flexibility index (Phi) is 8.59. The van der Waals surface area contributed by atoms with Crippen molar-refractivity contribution in [2.75, 3.05) is 13.2 Å². The average molecular weight is 703 g/mol. The van der Waals surface area contributed by atoms with E-state index in [4.69, 9.17) is 19.8 Å². The van der Waals surface area contributed by atoms with Crippen molar-refractivity contribution in [1.29, 1.82) is 0 Å². The number of hydrogen-bond donors (Lipinski definition) is 3. The Bertz CT molecular complexity index is 2710. The van der Waals surface area contributed by atoms with Gasteiger partial charge in [-0.2, -0.15) is 0 Å². The minimum atomic E-state index is -0.488. The molecule has 0 aliphatic carbocycles. The lowest BCUT2D eigenvalue weighted by atomic mass is 10.0. The molecule has 54 heavy (non-hydrogen) atoms. The van der Waals surface area contributed by atoms with E-state index >= 15 is 0 Å². The molecule has 7 nitrogen and oxygen atoms in total. The van der Waals surface area contributed by atoms with E-state index in [1.165, 1.54) is 0 Å². The highest BCUT2D eigenvalue weighted by atomic mass is 16.5. The maximum Gasteiger partial charge on any atom is 0.338 e. The molecular weight excluding hydrogens is 669 g/mol. The summed E-state index contributed by atoms with van der Waals surface area (Å²) in [6.07, 6.45) is 8.30. The number of carbonyl (C=O) groups excluding carboxylic acids is 1. The standard InChI is InChI=1S/C47H34N4O3/c52-28-29-54-47(53)34-18-16-33(17-19-34)46-41-26-24-39(50-41)44(31-12-6-2-7-13-31)37-22-20-35(48-37)43(30-10-4-1-5-11-30)36-21-23-38(49-36)45(32-14-8-3-9-15-32)40-25-27-42(46)51-40/h1-27,48,51-52H,28-29H2. The third-order valence-corrected chi connectivity index (χ3v) is 9.67. The molecule has 0 atom stereocenters. The number of aliphatic hydroxyl groups is 1. The first-order valence-electron chi connectivity index (χ1n) is 17.9. The highest BCUT2D eigenvalue weighted by molar-refractivity contribution is 6.00. The molecule has 4 aromatic carbocycles. The predicted molar refractivity (Wildman–Crippen MR) is 218 cm³/mol. The zero-order chi connectivity index (χ0) is 36.4. The lowest BCUT2D eigenvalue weighted by Gasteiger charge is -2.08. The normalized spacial score (nSPS) is 11.9. The van der Waals surface area contributed by atoms with Gasteiger partial charge in [-0.05, 0) is 83.0 Å². The van der Waals surface area contributed by atoms with Crippen molar-refractivity contribution in [2.45, 2.75) is 0 Å². The third kappa shape index (κ3) is 6.12. The summed E-state index contributed by atoms with van der Waals surface area (Å²) in [4.78, 5) is 30.8. The van der Waals surface area contributed by atoms with Crippen LogP contribution >= 0.6 is 0 Å². The summed E-state index contributed by atoms with van der Waals surface area (Å²) in [7, 11) is 0. The summed E-state index contributed by atoms with van der Waals surface area (Å²) >= 11 is 0. The fourth-order valence-corrected chi connectivity index (χ4v) is 7.23. The molecule has 260 valence electrons. The predicted octanol–water partition coefficient (Wildman–Crippen LogP) is 10.5. The first-order valence-corrected chi connectivity index (χ1v) is 17.9. The molecule has 7 aromatic rings. The fourth-order valence-electron chi connectivity index (χ4n) is 7.23. The molecule has 0 spiro atoms. The quantitative estimate of drug-likeness (QED) is 0.143. The van der Waals surface area contributed by atoms with E-state index in [0.717, 1.165) is 89.4 Å². The average Bonchev–Trinajstić information content (AvgIpc) is 4.07. The number of hydrogen-bond acceptors (Lipinski definition) is 5. The summed E-state index contributed by atoms with van der Waals surface area (Å²) in [5.41, 5.74) is 15.1. The molecule has 0 amide bonds. The lowest BCUT2D eigenvalue weighted by Crippen LogP contribution is -2.08. The second kappa shape index (κ2) is 14.1. The van der Waals surface area contributed by atoms with Crippen LogP contribution < -0.4 is 0 Å². The number of nitrogens with one attached hydrogen (secondary N) is 2. The molecule has 0 saturated carbocycles. The second-order valence-electron chi connectivity index (χ2n) is 13.0. The van der Waals surface area contributed by atoms with Gasteiger partial charge in [0.25, 0.3) is 0 Å². The van der Waals surface area contributed by atoms with Gasteiger partial charge in [0, 0.05) is 44.3 Å². The number of H-pyrrole nitrogens is 2. The summed E-state index contributed by atoms with van der Waals surface area (Å²) in [5, 5.41) is 9.15. The van der Waals surface area contributed by atoms with E-state index in [0.29, 0.717) is 5.56 Å². The molecule has 3 aromatic heterocycles. The summed E-state index contributed by atoms with van der Waals surface area (Å²) < 4.78 is 5.17. The Labute approximate surface area is 311 Å². The highest BCUT2D eigenvalue weighted by Crippen LogP contribution is 2.38. The SMILES string of the molecule is O=C(OCCO)c1ccc(-c2c3nc(c(-c4ccccc4)c4ccc([nH]4)c(-c4ccccc4)c4nc(c(-c5ccccc5)c5ccc2[nH]5)C=C4)C=C3)cc1. The molecule has 0 radical (unpaired) electrons. The Hall–Kier alpha value is -7.09.